The molecular formula is C26H25NO3S. The van der Waals surface area contributed by atoms with E-state index in [0.717, 1.165) is 28.5 Å². The first-order valence-corrected chi connectivity index (χ1v) is 11.8. The summed E-state index contributed by atoms with van der Waals surface area (Å²) in [6.07, 6.45) is 3.57. The van der Waals surface area contributed by atoms with Crippen molar-refractivity contribution in [2.24, 2.45) is 5.92 Å². The molecule has 0 saturated carbocycles. The highest BCUT2D eigenvalue weighted by molar-refractivity contribution is 7.89. The maximum Gasteiger partial charge on any atom is 0.243 e. The smallest absolute Gasteiger partial charge is 0.243 e. The fraction of sp³-hybridized carbons (Fsp3) is 0.192. The van der Waals surface area contributed by atoms with Gasteiger partial charge in [0.2, 0.25) is 10.0 Å². The molecule has 0 amide bonds. The van der Waals surface area contributed by atoms with Gasteiger partial charge in [-0.1, -0.05) is 78.4 Å². The molecule has 1 aliphatic rings. The third kappa shape index (κ3) is 4.68. The Balaban J connectivity index is 1.68. The van der Waals surface area contributed by atoms with Crippen molar-refractivity contribution in [3.63, 3.8) is 0 Å². The van der Waals surface area contributed by atoms with E-state index >= 15 is 0 Å². The van der Waals surface area contributed by atoms with E-state index in [9.17, 15) is 13.2 Å². The zero-order valence-corrected chi connectivity index (χ0v) is 18.3. The summed E-state index contributed by atoms with van der Waals surface area (Å²) >= 11 is 0. The van der Waals surface area contributed by atoms with Crippen LogP contribution in [0.25, 0.3) is 6.08 Å². The molecule has 158 valence electrons. The monoisotopic (exact) mass is 431 g/mol. The molecule has 0 radical (unpaired) electrons. The number of rotatable bonds is 6. The Kier molecular flexibility index (Phi) is 6.16. The fourth-order valence-electron chi connectivity index (χ4n) is 4.03. The van der Waals surface area contributed by atoms with Crippen LogP contribution in [-0.2, 0) is 16.4 Å². The van der Waals surface area contributed by atoms with Crippen LogP contribution in [0.1, 0.15) is 27.0 Å². The molecule has 4 rings (SSSR count). The van der Waals surface area contributed by atoms with E-state index < -0.39 is 10.0 Å². The number of carbonyl (C=O) groups excluding carboxylic acids is 1. The van der Waals surface area contributed by atoms with E-state index in [2.05, 4.69) is 6.08 Å². The molecule has 0 N–H and O–H groups in total. The maximum absolute atomic E-state index is 13.3. The highest BCUT2D eigenvalue weighted by atomic mass is 32.2. The van der Waals surface area contributed by atoms with Gasteiger partial charge in [-0.15, -0.1) is 0 Å². The summed E-state index contributed by atoms with van der Waals surface area (Å²) in [4.78, 5) is 11.8. The second-order valence-electron chi connectivity index (χ2n) is 7.96. The van der Waals surface area contributed by atoms with Crippen LogP contribution < -0.4 is 0 Å². The Morgan fingerprint density at radius 1 is 0.935 bits per heavy atom. The van der Waals surface area contributed by atoms with E-state index in [-0.39, 0.29) is 5.92 Å². The summed E-state index contributed by atoms with van der Waals surface area (Å²) in [6, 6.07) is 24.4. The van der Waals surface area contributed by atoms with Gasteiger partial charge in [-0.05, 0) is 48.1 Å². The zero-order valence-electron chi connectivity index (χ0n) is 17.4. The summed E-state index contributed by atoms with van der Waals surface area (Å²) in [5.41, 5.74) is 4.72. The van der Waals surface area contributed by atoms with Gasteiger partial charge >= 0.3 is 0 Å². The Morgan fingerprint density at radius 3 is 2.32 bits per heavy atom. The van der Waals surface area contributed by atoms with Crippen LogP contribution in [0.15, 0.2) is 89.3 Å². The van der Waals surface area contributed by atoms with Crippen molar-refractivity contribution in [3.05, 3.63) is 107 Å². The molecule has 1 heterocycles. The average molecular weight is 432 g/mol. The van der Waals surface area contributed by atoms with Crippen LogP contribution in [0.3, 0.4) is 0 Å². The molecule has 1 unspecified atom stereocenters. The minimum absolute atomic E-state index is 0.00142. The molecule has 31 heavy (non-hydrogen) atoms. The molecular weight excluding hydrogens is 406 g/mol. The topological polar surface area (TPSA) is 54.5 Å². The number of sulfonamides is 1. The molecule has 1 fully saturated rings. The standard InChI is InChI=1S/C26H25NO3S/c1-20-11-13-26(14-12-20)31(29,30)27-17-24(15-21-7-3-2-4-8-21)25(18-27)16-22-9-5-6-10-23(22)19-28/h2-15,19,25H,16-18H2,1H3/b24-15+. The third-order valence-corrected chi connectivity index (χ3v) is 7.59. The lowest BCUT2D eigenvalue weighted by atomic mass is 9.91. The van der Waals surface area contributed by atoms with Crippen molar-refractivity contribution in [1.29, 1.82) is 0 Å². The van der Waals surface area contributed by atoms with Gasteiger partial charge in [0, 0.05) is 18.7 Å². The van der Waals surface area contributed by atoms with Crippen molar-refractivity contribution in [2.45, 2.75) is 18.2 Å². The lowest BCUT2D eigenvalue weighted by Crippen LogP contribution is -2.29. The first-order valence-electron chi connectivity index (χ1n) is 10.3. The largest absolute Gasteiger partial charge is 0.298 e. The number of aldehydes is 1. The Hall–Kier alpha value is -3.02. The van der Waals surface area contributed by atoms with Gasteiger partial charge in [0.25, 0.3) is 0 Å². The Bertz CT molecular complexity index is 1200. The number of hydrogen-bond donors (Lipinski definition) is 0. The highest BCUT2D eigenvalue weighted by Gasteiger charge is 2.36. The van der Waals surface area contributed by atoms with E-state index in [1.165, 1.54) is 0 Å². The number of aryl methyl sites for hydroxylation is 1. The molecule has 3 aromatic rings. The van der Waals surface area contributed by atoms with Gasteiger partial charge in [0.05, 0.1) is 4.90 Å². The fourth-order valence-corrected chi connectivity index (χ4v) is 5.50. The maximum atomic E-state index is 13.3. The average Bonchev–Trinajstić information content (AvgIpc) is 3.18. The minimum Gasteiger partial charge on any atom is -0.298 e. The van der Waals surface area contributed by atoms with Crippen molar-refractivity contribution in [3.8, 4) is 0 Å². The second-order valence-corrected chi connectivity index (χ2v) is 9.90. The van der Waals surface area contributed by atoms with Crippen LogP contribution in [0.2, 0.25) is 0 Å². The molecule has 1 saturated heterocycles. The first kappa shape index (κ1) is 21.2. The number of hydrogen-bond acceptors (Lipinski definition) is 3. The SMILES string of the molecule is Cc1ccc(S(=O)(=O)N2C/C(=C\c3ccccc3)C(Cc3ccccc3C=O)C2)cc1. The highest BCUT2D eigenvalue weighted by Crippen LogP contribution is 2.32. The molecule has 0 bridgehead atoms. The number of nitrogens with zero attached hydrogens (tertiary/aromatic N) is 1. The molecule has 0 aliphatic carbocycles. The van der Waals surface area contributed by atoms with Gasteiger partial charge < -0.3 is 0 Å². The Morgan fingerprint density at radius 2 is 1.61 bits per heavy atom. The number of carbonyl (C=O) groups is 1. The normalized spacial score (nSPS) is 18.4. The molecule has 0 aromatic heterocycles. The van der Waals surface area contributed by atoms with Gasteiger partial charge in [0.1, 0.15) is 6.29 Å². The van der Waals surface area contributed by atoms with Gasteiger partial charge in [-0.25, -0.2) is 8.42 Å². The summed E-state index contributed by atoms with van der Waals surface area (Å²) in [7, 11) is -3.60. The molecule has 1 atom stereocenters. The zero-order chi connectivity index (χ0) is 21.8. The predicted octanol–water partition coefficient (Wildman–Crippen LogP) is 4.75. The van der Waals surface area contributed by atoms with E-state index in [0.29, 0.717) is 30.0 Å². The third-order valence-electron chi connectivity index (χ3n) is 5.77. The molecule has 5 heteroatoms. The summed E-state index contributed by atoms with van der Waals surface area (Å²) in [5, 5.41) is 0. The van der Waals surface area contributed by atoms with E-state index in [1.807, 2.05) is 67.6 Å². The minimum atomic E-state index is -3.60. The number of benzene rings is 3. The van der Waals surface area contributed by atoms with E-state index in [1.54, 1.807) is 22.5 Å². The Labute approximate surface area is 183 Å². The van der Waals surface area contributed by atoms with Crippen LogP contribution >= 0.6 is 0 Å². The molecule has 1 aliphatic heterocycles. The summed E-state index contributed by atoms with van der Waals surface area (Å²) in [6.45, 7) is 2.68. The summed E-state index contributed by atoms with van der Waals surface area (Å²) in [5.74, 6) is 0.00142. The van der Waals surface area contributed by atoms with Gasteiger partial charge in [-0.3, -0.25) is 4.79 Å². The lowest BCUT2D eigenvalue weighted by Gasteiger charge is -2.17. The summed E-state index contributed by atoms with van der Waals surface area (Å²) < 4.78 is 28.2. The van der Waals surface area contributed by atoms with Crippen molar-refractivity contribution < 1.29 is 13.2 Å². The van der Waals surface area contributed by atoms with Crippen molar-refractivity contribution in [2.75, 3.05) is 13.1 Å². The predicted molar refractivity (Wildman–Crippen MR) is 123 cm³/mol. The first-order chi connectivity index (χ1) is 15.0. The lowest BCUT2D eigenvalue weighted by molar-refractivity contribution is 0.112. The molecule has 4 nitrogen and oxygen atoms in total. The molecule has 3 aromatic carbocycles. The van der Waals surface area contributed by atoms with Crippen LogP contribution in [0.4, 0.5) is 0 Å². The van der Waals surface area contributed by atoms with Crippen LogP contribution in [0, 0.1) is 12.8 Å². The van der Waals surface area contributed by atoms with Crippen molar-refractivity contribution >= 4 is 22.4 Å². The van der Waals surface area contributed by atoms with Crippen LogP contribution in [-0.4, -0.2) is 32.1 Å². The molecule has 0 spiro atoms. The van der Waals surface area contributed by atoms with Gasteiger partial charge in [0.15, 0.2) is 0 Å². The van der Waals surface area contributed by atoms with Gasteiger partial charge in [-0.2, -0.15) is 4.31 Å². The van der Waals surface area contributed by atoms with E-state index in [4.69, 9.17) is 0 Å². The van der Waals surface area contributed by atoms with Crippen molar-refractivity contribution in [1.82, 2.24) is 4.31 Å². The second kappa shape index (κ2) is 9.00. The quantitative estimate of drug-likeness (QED) is 0.529. The van der Waals surface area contributed by atoms with Crippen LogP contribution in [0.5, 0.6) is 0 Å².